The minimum atomic E-state index is -0.510. The van der Waals surface area contributed by atoms with Crippen molar-refractivity contribution >= 4 is 11.8 Å². The first kappa shape index (κ1) is 36.0. The minimum absolute atomic E-state index is 0.0851. The van der Waals surface area contributed by atoms with Crippen LogP contribution in [0.15, 0.2) is 11.6 Å². The van der Waals surface area contributed by atoms with Gasteiger partial charge in [-0.2, -0.15) is 0 Å². The lowest BCUT2D eigenvalue weighted by Crippen LogP contribution is -2.31. The van der Waals surface area contributed by atoms with E-state index in [-0.39, 0.29) is 24.3 Å². The predicted molar refractivity (Wildman–Crippen MR) is 166 cm³/mol. The maximum atomic E-state index is 12.2. The van der Waals surface area contributed by atoms with Gasteiger partial charge in [-0.1, -0.05) is 96.8 Å². The molecule has 0 radical (unpaired) electrons. The molecule has 2 N–H and O–H groups in total. The molecule has 0 aromatic heterocycles. The van der Waals surface area contributed by atoms with Gasteiger partial charge >= 0.3 is 5.97 Å². The van der Waals surface area contributed by atoms with Gasteiger partial charge in [0.1, 0.15) is 11.9 Å². The Morgan fingerprint density at radius 1 is 0.756 bits per heavy atom. The number of aliphatic hydroxyl groups is 2. The molecule has 2 aliphatic rings. The fourth-order valence-electron chi connectivity index (χ4n) is 6.25. The number of esters is 1. The topological polar surface area (TPSA) is 93.1 Å². The van der Waals surface area contributed by atoms with Crippen LogP contribution in [0.25, 0.3) is 0 Å². The third-order valence-corrected chi connectivity index (χ3v) is 8.90. The van der Waals surface area contributed by atoms with E-state index in [0.29, 0.717) is 25.0 Å². The maximum absolute atomic E-state index is 12.2. The lowest BCUT2D eigenvalue weighted by Gasteiger charge is -2.22. The Morgan fingerprint density at radius 3 is 1.76 bits per heavy atom. The minimum Gasteiger partial charge on any atom is -0.455 e. The molecular formula is C35H62O6. The summed E-state index contributed by atoms with van der Waals surface area (Å²) in [6, 6.07) is 0. The van der Waals surface area contributed by atoms with E-state index in [0.717, 1.165) is 82.6 Å². The van der Waals surface area contributed by atoms with E-state index in [1.807, 2.05) is 13.0 Å². The van der Waals surface area contributed by atoms with Crippen LogP contribution in [0.3, 0.4) is 0 Å². The van der Waals surface area contributed by atoms with Crippen LogP contribution < -0.4 is 0 Å². The Bertz CT molecular complexity index is 734. The van der Waals surface area contributed by atoms with Crippen molar-refractivity contribution in [3.63, 3.8) is 0 Å². The van der Waals surface area contributed by atoms with Crippen molar-refractivity contribution in [1.29, 1.82) is 0 Å². The molecule has 2 heterocycles. The van der Waals surface area contributed by atoms with Crippen molar-refractivity contribution < 1.29 is 29.3 Å². The molecule has 1 saturated heterocycles. The summed E-state index contributed by atoms with van der Waals surface area (Å²) >= 11 is 0. The molecule has 0 saturated carbocycles. The second kappa shape index (κ2) is 22.3. The monoisotopic (exact) mass is 578 g/mol. The van der Waals surface area contributed by atoms with Crippen LogP contribution in [-0.2, 0) is 19.1 Å². The zero-order valence-electron chi connectivity index (χ0n) is 26.5. The smallest absolute Gasteiger partial charge is 0.334 e. The molecule has 0 aromatic rings. The number of carbonyl (C=O) groups excluding carboxylic acids is 2. The van der Waals surface area contributed by atoms with Gasteiger partial charge in [0.2, 0.25) is 0 Å². The number of rotatable bonds is 26. The largest absolute Gasteiger partial charge is 0.455 e. The number of ketones is 1. The van der Waals surface area contributed by atoms with Crippen molar-refractivity contribution in [3.05, 3.63) is 11.6 Å². The molecule has 5 atom stereocenters. The van der Waals surface area contributed by atoms with Gasteiger partial charge in [-0.3, -0.25) is 4.79 Å². The van der Waals surface area contributed by atoms with E-state index in [1.165, 1.54) is 57.8 Å². The summed E-state index contributed by atoms with van der Waals surface area (Å²) < 4.78 is 11.2. The average Bonchev–Trinajstić information content (AvgIpc) is 3.57. The van der Waals surface area contributed by atoms with Crippen LogP contribution >= 0.6 is 0 Å². The number of hydrogen-bond donors (Lipinski definition) is 2. The molecule has 0 bridgehead atoms. The number of ether oxygens (including phenoxy) is 2. The Labute approximate surface area is 251 Å². The summed E-state index contributed by atoms with van der Waals surface area (Å²) in [5, 5.41) is 21.2. The highest BCUT2D eigenvalue weighted by Gasteiger charge is 2.34. The van der Waals surface area contributed by atoms with Crippen LogP contribution in [-0.4, -0.2) is 52.5 Å². The zero-order valence-corrected chi connectivity index (χ0v) is 26.5. The molecule has 0 spiro atoms. The number of hydrogen-bond acceptors (Lipinski definition) is 6. The Balaban J connectivity index is 1.39. The summed E-state index contributed by atoms with van der Waals surface area (Å²) in [6.07, 6.45) is 25.4. The van der Waals surface area contributed by atoms with Gasteiger partial charge in [0.05, 0.1) is 24.4 Å². The van der Waals surface area contributed by atoms with Crippen molar-refractivity contribution in [1.82, 2.24) is 0 Å². The number of cyclic esters (lactones) is 1. The third kappa shape index (κ3) is 16.3. The van der Waals surface area contributed by atoms with Crippen LogP contribution in [0.2, 0.25) is 0 Å². The third-order valence-electron chi connectivity index (χ3n) is 8.90. The second-order valence-corrected chi connectivity index (χ2v) is 12.8. The molecule has 6 nitrogen and oxygen atoms in total. The molecule has 1 fully saturated rings. The van der Waals surface area contributed by atoms with E-state index < -0.39 is 12.2 Å². The van der Waals surface area contributed by atoms with Crippen molar-refractivity contribution in [3.8, 4) is 0 Å². The molecule has 0 unspecified atom stereocenters. The van der Waals surface area contributed by atoms with Gasteiger partial charge in [0.25, 0.3) is 0 Å². The first-order valence-corrected chi connectivity index (χ1v) is 17.4. The van der Waals surface area contributed by atoms with Crippen LogP contribution in [0.5, 0.6) is 0 Å². The van der Waals surface area contributed by atoms with Crippen LogP contribution in [0, 0.1) is 0 Å². The Hall–Kier alpha value is -1.24. The standard InChI is InChI=1S/C35H62O6/c1-3-4-5-6-7-8-9-10-14-17-23-31(37)33-25-26-34(41-33)32(38)24-19-18-22-30(36)21-16-13-11-12-15-20-29-27-28(2)40-35(29)39/h27-28,31-34,37-38H,3-26H2,1-2H3/t28-,31+,32-,33-,34+/m1/s1. The SMILES string of the molecule is CCCCCCCCCCCC[C@H](O)[C@H]1CC[C@@H]([C@H](O)CCCCC(=O)CCCCCCCC2=C[C@@H](C)OC2=O)O1. The normalized spacial score (nSPS) is 22.1. The summed E-state index contributed by atoms with van der Waals surface area (Å²) in [7, 11) is 0. The van der Waals surface area contributed by atoms with E-state index >= 15 is 0 Å². The molecule has 0 aliphatic carbocycles. The first-order valence-electron chi connectivity index (χ1n) is 17.4. The highest BCUT2D eigenvalue weighted by molar-refractivity contribution is 5.90. The van der Waals surface area contributed by atoms with Crippen LogP contribution in [0.4, 0.5) is 0 Å². The maximum Gasteiger partial charge on any atom is 0.334 e. The van der Waals surface area contributed by atoms with Crippen LogP contribution in [0.1, 0.15) is 168 Å². The lowest BCUT2D eigenvalue weighted by molar-refractivity contribution is -0.139. The molecule has 0 amide bonds. The van der Waals surface area contributed by atoms with Gasteiger partial charge < -0.3 is 19.7 Å². The summed E-state index contributed by atoms with van der Waals surface area (Å²) in [4.78, 5) is 23.8. The van der Waals surface area contributed by atoms with E-state index in [4.69, 9.17) is 9.47 Å². The van der Waals surface area contributed by atoms with Crippen molar-refractivity contribution in [2.24, 2.45) is 0 Å². The van der Waals surface area contributed by atoms with E-state index in [1.54, 1.807) is 0 Å². The number of aliphatic hydroxyl groups excluding tert-OH is 2. The molecule has 238 valence electrons. The Morgan fingerprint density at radius 2 is 1.22 bits per heavy atom. The quantitative estimate of drug-likeness (QED) is 0.0792. The van der Waals surface area contributed by atoms with Gasteiger partial charge in [0.15, 0.2) is 0 Å². The highest BCUT2D eigenvalue weighted by Crippen LogP contribution is 2.28. The highest BCUT2D eigenvalue weighted by atomic mass is 16.5. The zero-order chi connectivity index (χ0) is 29.7. The van der Waals surface area contributed by atoms with E-state index in [9.17, 15) is 19.8 Å². The number of carbonyl (C=O) groups is 2. The summed E-state index contributed by atoms with van der Waals surface area (Å²) in [5.74, 6) is 0.156. The second-order valence-electron chi connectivity index (χ2n) is 12.8. The lowest BCUT2D eigenvalue weighted by atomic mass is 9.99. The molecule has 2 aliphatic heterocycles. The number of unbranched alkanes of at least 4 members (excludes halogenated alkanes) is 14. The number of Topliss-reactive ketones (excluding diaryl/α,β-unsaturated/α-hetero) is 1. The predicted octanol–water partition coefficient (Wildman–Crippen LogP) is 8.30. The fourth-order valence-corrected chi connectivity index (χ4v) is 6.25. The van der Waals surface area contributed by atoms with Gasteiger partial charge in [-0.25, -0.2) is 4.79 Å². The molecule has 41 heavy (non-hydrogen) atoms. The molecular weight excluding hydrogens is 516 g/mol. The summed E-state index contributed by atoms with van der Waals surface area (Å²) in [6.45, 7) is 4.14. The Kier molecular flexibility index (Phi) is 19.6. The van der Waals surface area contributed by atoms with Gasteiger partial charge in [0, 0.05) is 18.4 Å². The molecule has 0 aromatic carbocycles. The first-order chi connectivity index (χ1) is 19.9. The van der Waals surface area contributed by atoms with Gasteiger partial charge in [-0.05, 0) is 64.4 Å². The van der Waals surface area contributed by atoms with E-state index in [2.05, 4.69) is 6.92 Å². The molecule has 6 heteroatoms. The van der Waals surface area contributed by atoms with Crippen molar-refractivity contribution in [2.75, 3.05) is 0 Å². The molecule has 2 rings (SSSR count). The fraction of sp³-hybridized carbons (Fsp3) is 0.886. The summed E-state index contributed by atoms with van der Waals surface area (Å²) in [5.41, 5.74) is 0.814. The van der Waals surface area contributed by atoms with Crippen molar-refractivity contribution in [2.45, 2.75) is 198 Å². The van der Waals surface area contributed by atoms with Gasteiger partial charge in [-0.15, -0.1) is 0 Å². The average molecular weight is 579 g/mol.